The van der Waals surface area contributed by atoms with Crippen LogP contribution in [0.15, 0.2) is 133 Å². The van der Waals surface area contributed by atoms with E-state index in [1.54, 1.807) is 13.1 Å². The zero-order chi connectivity index (χ0) is 39.4. The molecule has 1 aromatic heterocycles. The van der Waals surface area contributed by atoms with Gasteiger partial charge in [0.05, 0.1) is 21.4 Å². The van der Waals surface area contributed by atoms with E-state index in [9.17, 15) is 23.3 Å². The number of anilines is 3. The van der Waals surface area contributed by atoms with Gasteiger partial charge in [0, 0.05) is 64.0 Å². The molecule has 1 fully saturated rings. The number of nitro groups is 1. The Bertz CT molecular complexity index is 2480. The molecule has 0 saturated carbocycles. The highest BCUT2D eigenvalue weighted by molar-refractivity contribution is 7.92. The van der Waals surface area contributed by atoms with E-state index in [1.807, 2.05) is 55.5 Å². The second-order valence-electron chi connectivity index (χ2n) is 13.8. The van der Waals surface area contributed by atoms with Gasteiger partial charge in [-0.15, -0.1) is 0 Å². The van der Waals surface area contributed by atoms with Gasteiger partial charge in [0.1, 0.15) is 12.0 Å². The average Bonchev–Trinajstić information content (AvgIpc) is 3.23. The van der Waals surface area contributed by atoms with E-state index >= 15 is 0 Å². The molecular formula is C42H42N8O5S. The summed E-state index contributed by atoms with van der Waals surface area (Å²) in [5.74, 6) is 0.0407. The number of aromatic nitrogens is 2. The van der Waals surface area contributed by atoms with Gasteiger partial charge in [0.2, 0.25) is 0 Å². The lowest BCUT2D eigenvalue weighted by atomic mass is 9.99. The third-order valence-electron chi connectivity index (χ3n) is 10.4. The highest BCUT2D eigenvalue weighted by Crippen LogP contribution is 2.34. The summed E-state index contributed by atoms with van der Waals surface area (Å²) in [6.07, 6.45) is 1.28. The minimum absolute atomic E-state index is 0.0407. The molecule has 2 amide bonds. The van der Waals surface area contributed by atoms with Crippen LogP contribution in [0.1, 0.15) is 24.1 Å². The number of hydrogen-bond donors (Lipinski definition) is 1. The number of nitrogens with zero attached hydrogens (tertiary/aromatic N) is 7. The lowest BCUT2D eigenvalue weighted by molar-refractivity contribution is -0.384. The Morgan fingerprint density at radius 2 is 1.54 bits per heavy atom. The van der Waals surface area contributed by atoms with Gasteiger partial charge in [-0.2, -0.15) is 0 Å². The van der Waals surface area contributed by atoms with Gasteiger partial charge < -0.3 is 9.80 Å². The number of nitrogens with one attached hydrogen (secondary N) is 1. The molecular weight excluding hydrogens is 729 g/mol. The number of piperazine rings is 1. The van der Waals surface area contributed by atoms with Crippen LogP contribution in [-0.2, 0) is 16.6 Å². The molecule has 13 nitrogen and oxygen atoms in total. The van der Waals surface area contributed by atoms with Crippen molar-refractivity contribution in [1.29, 1.82) is 0 Å². The molecule has 0 spiro atoms. The summed E-state index contributed by atoms with van der Waals surface area (Å²) in [6.45, 7) is 6.05. The highest BCUT2D eigenvalue weighted by Gasteiger charge is 2.29. The van der Waals surface area contributed by atoms with Crippen LogP contribution >= 0.6 is 0 Å². The lowest BCUT2D eigenvalue weighted by Crippen LogP contribution is -2.46. The second kappa shape index (κ2) is 16.2. The Morgan fingerprint density at radius 1 is 0.857 bits per heavy atom. The van der Waals surface area contributed by atoms with Crippen LogP contribution < -0.4 is 14.5 Å². The first kappa shape index (κ1) is 37.9. The Hall–Kier alpha value is -6.38. The predicted molar refractivity (Wildman–Crippen MR) is 219 cm³/mol. The summed E-state index contributed by atoms with van der Waals surface area (Å²) in [5, 5.41) is 12.7. The van der Waals surface area contributed by atoms with Gasteiger partial charge in [0.15, 0.2) is 5.82 Å². The maximum Gasteiger partial charge on any atom is 0.324 e. The van der Waals surface area contributed by atoms with Crippen molar-refractivity contribution in [1.82, 2.24) is 19.8 Å². The number of amides is 2. The van der Waals surface area contributed by atoms with E-state index in [0.717, 1.165) is 54.9 Å². The van der Waals surface area contributed by atoms with Gasteiger partial charge in [0.25, 0.3) is 15.7 Å². The molecule has 56 heavy (non-hydrogen) atoms. The highest BCUT2D eigenvalue weighted by atomic mass is 32.2. The molecule has 1 aliphatic heterocycles. The van der Waals surface area contributed by atoms with Crippen LogP contribution in [0, 0.1) is 10.1 Å². The minimum Gasteiger partial charge on any atom is -0.369 e. The third kappa shape index (κ3) is 8.02. The van der Waals surface area contributed by atoms with E-state index in [1.165, 1.54) is 47.1 Å². The number of hydrogen-bond acceptors (Lipinski definition) is 9. The number of rotatable bonds is 11. The van der Waals surface area contributed by atoms with Crippen molar-refractivity contribution in [2.45, 2.75) is 24.4 Å². The molecule has 286 valence electrons. The van der Waals surface area contributed by atoms with Crippen LogP contribution in [0.2, 0.25) is 0 Å². The number of sulfonamides is 1. The Morgan fingerprint density at radius 3 is 2.25 bits per heavy atom. The van der Waals surface area contributed by atoms with Crippen molar-refractivity contribution in [2.75, 3.05) is 54.8 Å². The quantitative estimate of drug-likeness (QED) is 0.104. The van der Waals surface area contributed by atoms with E-state index in [0.29, 0.717) is 10.9 Å². The van der Waals surface area contributed by atoms with Gasteiger partial charge >= 0.3 is 6.03 Å². The fraction of sp³-hybridized carbons (Fsp3) is 0.214. The number of carbonyl (C=O) groups is 1. The molecule has 0 unspecified atom stereocenters. The van der Waals surface area contributed by atoms with Crippen molar-refractivity contribution < 1.29 is 18.1 Å². The molecule has 7 rings (SSSR count). The van der Waals surface area contributed by atoms with Crippen molar-refractivity contribution in [3.63, 3.8) is 0 Å². The average molecular weight is 771 g/mol. The van der Waals surface area contributed by atoms with Crippen LogP contribution in [0.3, 0.4) is 0 Å². The first-order valence-electron chi connectivity index (χ1n) is 18.2. The normalized spacial score (nSPS) is 13.9. The molecule has 2 heterocycles. The van der Waals surface area contributed by atoms with Crippen LogP contribution in [0.4, 0.5) is 27.7 Å². The SMILES string of the molecule is C[C@@H](c1ccccc1)N(C)C(=O)N(C)c1ccc(S(=O)(=O)Nc2ncnc3cc(N4CCN(Cc5ccccc5-c5ccccc5)CC4)ccc23)cc1[N+](=O)[O-]. The second-order valence-corrected chi connectivity index (χ2v) is 15.4. The number of nitro benzene ring substituents is 1. The van der Waals surface area contributed by atoms with Crippen LogP contribution in [0.25, 0.3) is 22.0 Å². The van der Waals surface area contributed by atoms with Gasteiger partial charge in [-0.3, -0.25) is 24.6 Å². The largest absolute Gasteiger partial charge is 0.369 e. The summed E-state index contributed by atoms with van der Waals surface area (Å²) < 4.78 is 29.8. The van der Waals surface area contributed by atoms with Crippen LogP contribution in [-0.4, -0.2) is 79.4 Å². The zero-order valence-electron chi connectivity index (χ0n) is 31.3. The smallest absolute Gasteiger partial charge is 0.324 e. The Kier molecular flexibility index (Phi) is 10.9. The molecule has 1 atom stereocenters. The van der Waals surface area contributed by atoms with Crippen molar-refractivity contribution >= 4 is 49.8 Å². The molecule has 0 aliphatic carbocycles. The monoisotopic (exact) mass is 770 g/mol. The van der Waals surface area contributed by atoms with E-state index in [-0.39, 0.29) is 22.4 Å². The van der Waals surface area contributed by atoms with E-state index in [2.05, 4.69) is 73.0 Å². The molecule has 5 aromatic carbocycles. The molecule has 6 aromatic rings. The molecule has 14 heteroatoms. The lowest BCUT2D eigenvalue weighted by Gasteiger charge is -2.36. The van der Waals surface area contributed by atoms with Gasteiger partial charge in [-0.05, 0) is 59.5 Å². The summed E-state index contributed by atoms with van der Waals surface area (Å²) in [6, 6.07) is 36.6. The summed E-state index contributed by atoms with van der Waals surface area (Å²) in [4.78, 5) is 40.6. The zero-order valence-corrected chi connectivity index (χ0v) is 32.1. The van der Waals surface area contributed by atoms with Gasteiger partial charge in [-0.1, -0.05) is 84.9 Å². The predicted octanol–water partition coefficient (Wildman–Crippen LogP) is 7.58. The number of fused-ring (bicyclic) bond motifs is 1. The molecule has 1 aliphatic rings. The number of urea groups is 1. The van der Waals surface area contributed by atoms with Crippen molar-refractivity contribution in [3.8, 4) is 11.1 Å². The fourth-order valence-electron chi connectivity index (χ4n) is 7.03. The summed E-state index contributed by atoms with van der Waals surface area (Å²) in [7, 11) is -1.33. The summed E-state index contributed by atoms with van der Waals surface area (Å²) in [5.41, 5.74) is 5.54. The topological polar surface area (TPSA) is 145 Å². The van der Waals surface area contributed by atoms with Gasteiger partial charge in [-0.25, -0.2) is 23.2 Å². The molecule has 0 bridgehead atoms. The number of carbonyl (C=O) groups excluding carboxylic acids is 1. The van der Waals surface area contributed by atoms with E-state index in [4.69, 9.17) is 0 Å². The van der Waals surface area contributed by atoms with Crippen LogP contribution in [0.5, 0.6) is 0 Å². The maximum atomic E-state index is 13.7. The molecule has 1 saturated heterocycles. The molecule has 0 radical (unpaired) electrons. The van der Waals surface area contributed by atoms with E-state index < -0.39 is 26.7 Å². The maximum absolute atomic E-state index is 13.7. The fourth-order valence-corrected chi connectivity index (χ4v) is 8.08. The Labute approximate surface area is 326 Å². The standard InChI is InChI=1S/C42H42N8O5S/c1-30(31-12-6-4-7-13-31)46(2)42(51)47(3)39-21-19-35(27-40(39)50(52)53)56(54,55)45-41-37-20-18-34(26-38(37)43-29-44-41)49-24-22-48(23-25-49)28-33-16-10-11-17-36(33)32-14-8-5-9-15-32/h4-21,26-27,29-30H,22-25,28H2,1-3H3,(H,43,44,45)/t30-/m0/s1. The van der Waals surface area contributed by atoms with Crippen molar-refractivity contribution in [3.05, 3.63) is 149 Å². The van der Waals surface area contributed by atoms with Crippen molar-refractivity contribution in [2.24, 2.45) is 0 Å². The number of benzene rings is 5. The summed E-state index contributed by atoms with van der Waals surface area (Å²) >= 11 is 0. The third-order valence-corrected chi connectivity index (χ3v) is 11.7. The minimum atomic E-state index is -4.35. The first-order valence-corrected chi connectivity index (χ1v) is 19.7. The molecule has 1 N–H and O–H groups in total. The first-order chi connectivity index (χ1) is 27.0. The Balaban J connectivity index is 1.04.